The van der Waals surface area contributed by atoms with Gasteiger partial charge in [0.15, 0.2) is 11.5 Å². The first-order valence-electron chi connectivity index (χ1n) is 7.55. The monoisotopic (exact) mass is 278 g/mol. The Morgan fingerprint density at radius 2 is 1.85 bits per heavy atom. The normalized spacial score (nSPS) is 18.4. The van der Waals surface area contributed by atoms with Gasteiger partial charge in [0.1, 0.15) is 0 Å². The van der Waals surface area contributed by atoms with Crippen LogP contribution in [0.25, 0.3) is 0 Å². The third-order valence-electron chi connectivity index (χ3n) is 4.01. The van der Waals surface area contributed by atoms with Crippen LogP contribution in [0.3, 0.4) is 0 Å². The molecule has 0 unspecified atom stereocenters. The van der Waals surface area contributed by atoms with Gasteiger partial charge in [-0.2, -0.15) is 0 Å². The summed E-state index contributed by atoms with van der Waals surface area (Å²) in [6, 6.07) is 5.47. The average molecular weight is 278 g/mol. The highest BCUT2D eigenvalue weighted by Gasteiger charge is 2.25. The second-order valence-electron chi connectivity index (χ2n) is 5.99. The Morgan fingerprint density at radius 1 is 1.15 bits per heavy atom. The van der Waals surface area contributed by atoms with E-state index < -0.39 is 0 Å². The minimum atomic E-state index is -0.0211. The number of benzene rings is 1. The van der Waals surface area contributed by atoms with Gasteiger partial charge < -0.3 is 15.5 Å². The molecule has 4 heteroatoms. The van der Waals surface area contributed by atoms with Crippen LogP contribution in [0.15, 0.2) is 18.2 Å². The van der Waals surface area contributed by atoms with Gasteiger partial charge in [-0.3, -0.25) is 4.90 Å². The highest BCUT2D eigenvalue weighted by atomic mass is 16.3. The van der Waals surface area contributed by atoms with Gasteiger partial charge in [-0.1, -0.05) is 26.0 Å². The zero-order valence-electron chi connectivity index (χ0n) is 12.5. The fourth-order valence-electron chi connectivity index (χ4n) is 2.84. The molecular formula is C16H26N2O2. The van der Waals surface area contributed by atoms with Crippen molar-refractivity contribution in [1.29, 1.82) is 0 Å². The Balaban J connectivity index is 2.22. The number of nitrogens with one attached hydrogen (secondary N) is 1. The topological polar surface area (TPSA) is 55.7 Å². The van der Waals surface area contributed by atoms with Gasteiger partial charge >= 0.3 is 0 Å². The third-order valence-corrected chi connectivity index (χ3v) is 4.01. The van der Waals surface area contributed by atoms with Crippen LogP contribution in [0.5, 0.6) is 11.5 Å². The summed E-state index contributed by atoms with van der Waals surface area (Å²) in [4.78, 5) is 2.41. The molecule has 1 aromatic rings. The number of piperazine rings is 1. The standard InChI is InChI=1S/C16H26N2O2/c1-12(2)6-7-14(18-10-8-17-9-11-18)13-4-3-5-15(19)16(13)20/h3-5,12,14,17,19-20H,6-11H2,1-2H3/t14-/m0/s1. The van der Waals surface area contributed by atoms with E-state index in [0.29, 0.717) is 5.92 Å². The van der Waals surface area contributed by atoms with E-state index in [-0.39, 0.29) is 17.5 Å². The number of aromatic hydroxyl groups is 2. The minimum absolute atomic E-state index is 0.0211. The van der Waals surface area contributed by atoms with Gasteiger partial charge in [0, 0.05) is 37.8 Å². The van der Waals surface area contributed by atoms with Crippen LogP contribution in [-0.2, 0) is 0 Å². The predicted octanol–water partition coefficient (Wildman–Crippen LogP) is 2.48. The molecule has 0 amide bonds. The Kier molecular flexibility index (Phi) is 5.26. The minimum Gasteiger partial charge on any atom is -0.504 e. The molecule has 0 radical (unpaired) electrons. The zero-order valence-corrected chi connectivity index (χ0v) is 12.5. The second-order valence-corrected chi connectivity index (χ2v) is 5.99. The Bertz CT molecular complexity index is 428. The number of phenolic OH excluding ortho intramolecular Hbond substituents is 2. The van der Waals surface area contributed by atoms with Gasteiger partial charge in [-0.25, -0.2) is 0 Å². The summed E-state index contributed by atoms with van der Waals surface area (Å²) >= 11 is 0. The molecule has 1 aliphatic heterocycles. The lowest BCUT2D eigenvalue weighted by Gasteiger charge is -2.36. The van der Waals surface area contributed by atoms with Crippen molar-refractivity contribution in [2.45, 2.75) is 32.7 Å². The van der Waals surface area contributed by atoms with Crippen LogP contribution in [0.1, 0.15) is 38.3 Å². The molecule has 1 aliphatic rings. The lowest BCUT2D eigenvalue weighted by atomic mass is 9.95. The van der Waals surface area contributed by atoms with E-state index >= 15 is 0 Å². The summed E-state index contributed by atoms with van der Waals surface area (Å²) in [6.07, 6.45) is 2.12. The SMILES string of the molecule is CC(C)CC[C@@H](c1cccc(O)c1O)N1CCNCC1. The molecule has 1 aromatic carbocycles. The molecule has 4 nitrogen and oxygen atoms in total. The van der Waals surface area contributed by atoms with Crippen LogP contribution in [0.4, 0.5) is 0 Å². The molecular weight excluding hydrogens is 252 g/mol. The largest absolute Gasteiger partial charge is 0.504 e. The van der Waals surface area contributed by atoms with E-state index in [0.717, 1.165) is 44.6 Å². The van der Waals surface area contributed by atoms with Crippen LogP contribution in [0.2, 0.25) is 0 Å². The average Bonchev–Trinajstić information content (AvgIpc) is 2.44. The van der Waals surface area contributed by atoms with Crippen molar-refractivity contribution in [3.8, 4) is 11.5 Å². The Morgan fingerprint density at radius 3 is 2.50 bits per heavy atom. The molecule has 3 N–H and O–H groups in total. The molecule has 1 atom stereocenters. The molecule has 1 saturated heterocycles. The van der Waals surface area contributed by atoms with Gasteiger partial charge in [-0.05, 0) is 24.8 Å². The van der Waals surface area contributed by atoms with Gasteiger partial charge in [0.25, 0.3) is 0 Å². The molecule has 1 fully saturated rings. The van der Waals surface area contributed by atoms with Crippen molar-refractivity contribution >= 4 is 0 Å². The zero-order chi connectivity index (χ0) is 14.5. The van der Waals surface area contributed by atoms with Gasteiger partial charge in [0.2, 0.25) is 0 Å². The maximum absolute atomic E-state index is 10.2. The molecule has 2 rings (SSSR count). The Labute approximate surface area is 121 Å². The van der Waals surface area contributed by atoms with Crippen LogP contribution < -0.4 is 5.32 Å². The lowest BCUT2D eigenvalue weighted by Crippen LogP contribution is -2.45. The maximum Gasteiger partial charge on any atom is 0.162 e. The second kappa shape index (κ2) is 6.95. The van der Waals surface area contributed by atoms with Crippen molar-refractivity contribution in [1.82, 2.24) is 10.2 Å². The first-order valence-corrected chi connectivity index (χ1v) is 7.55. The van der Waals surface area contributed by atoms with Gasteiger partial charge in [0.05, 0.1) is 0 Å². The van der Waals surface area contributed by atoms with E-state index in [1.807, 2.05) is 12.1 Å². The summed E-state index contributed by atoms with van der Waals surface area (Å²) in [7, 11) is 0. The number of para-hydroxylation sites is 1. The number of phenols is 2. The van der Waals surface area contributed by atoms with E-state index in [1.54, 1.807) is 0 Å². The van der Waals surface area contributed by atoms with Crippen molar-refractivity contribution in [2.24, 2.45) is 5.92 Å². The molecule has 0 spiro atoms. The summed E-state index contributed by atoms with van der Waals surface area (Å²) in [5.74, 6) is 0.659. The number of nitrogens with zero attached hydrogens (tertiary/aromatic N) is 1. The maximum atomic E-state index is 10.2. The fraction of sp³-hybridized carbons (Fsp3) is 0.625. The lowest BCUT2D eigenvalue weighted by molar-refractivity contribution is 0.157. The van der Waals surface area contributed by atoms with Crippen molar-refractivity contribution in [3.63, 3.8) is 0 Å². The highest BCUT2D eigenvalue weighted by Crippen LogP contribution is 2.38. The summed E-state index contributed by atoms with van der Waals surface area (Å²) in [6.45, 7) is 8.37. The fourth-order valence-corrected chi connectivity index (χ4v) is 2.84. The van der Waals surface area contributed by atoms with Crippen molar-refractivity contribution in [2.75, 3.05) is 26.2 Å². The smallest absolute Gasteiger partial charge is 0.162 e. The summed E-state index contributed by atoms with van der Waals surface area (Å²) < 4.78 is 0. The molecule has 0 saturated carbocycles. The molecule has 0 bridgehead atoms. The molecule has 1 heterocycles. The summed E-state index contributed by atoms with van der Waals surface area (Å²) in [5.41, 5.74) is 0.854. The van der Waals surface area contributed by atoms with Crippen LogP contribution >= 0.6 is 0 Å². The molecule has 0 aliphatic carbocycles. The van der Waals surface area contributed by atoms with Crippen LogP contribution in [0, 0.1) is 5.92 Å². The van der Waals surface area contributed by atoms with Crippen LogP contribution in [-0.4, -0.2) is 41.3 Å². The number of hydrogen-bond donors (Lipinski definition) is 3. The first-order chi connectivity index (χ1) is 9.59. The van der Waals surface area contributed by atoms with Crippen molar-refractivity contribution < 1.29 is 10.2 Å². The molecule has 0 aromatic heterocycles. The number of rotatable bonds is 5. The van der Waals surface area contributed by atoms with Crippen molar-refractivity contribution in [3.05, 3.63) is 23.8 Å². The van der Waals surface area contributed by atoms with Gasteiger partial charge in [-0.15, -0.1) is 0 Å². The van der Waals surface area contributed by atoms with E-state index in [1.165, 1.54) is 6.07 Å². The quantitative estimate of drug-likeness (QED) is 0.724. The molecule has 20 heavy (non-hydrogen) atoms. The predicted molar refractivity (Wildman–Crippen MR) is 81.0 cm³/mol. The highest BCUT2D eigenvalue weighted by molar-refractivity contribution is 5.46. The summed E-state index contributed by atoms with van der Waals surface area (Å²) in [5, 5.41) is 23.3. The molecule has 112 valence electrons. The van der Waals surface area contributed by atoms with E-state index in [9.17, 15) is 10.2 Å². The first kappa shape index (κ1) is 15.1. The third kappa shape index (κ3) is 3.64. The van der Waals surface area contributed by atoms with E-state index in [2.05, 4.69) is 24.1 Å². The van der Waals surface area contributed by atoms with E-state index in [4.69, 9.17) is 0 Å². The number of hydrogen-bond acceptors (Lipinski definition) is 4. The Hall–Kier alpha value is -1.26.